The van der Waals surface area contributed by atoms with Crippen LogP contribution in [0.2, 0.25) is 6.82 Å². The number of ether oxygens (including phenoxy) is 5. The molecule has 0 aromatic heterocycles. The first-order chi connectivity index (χ1) is 15.4. The summed E-state index contributed by atoms with van der Waals surface area (Å²) < 4.78 is 24.8. The number of methoxy groups -OCH3 is 2. The molecule has 2 aromatic carbocycles. The Balaban J connectivity index is 0.000000627. The van der Waals surface area contributed by atoms with Crippen molar-refractivity contribution in [1.29, 1.82) is 0 Å². The monoisotopic (exact) mass is 460 g/mol. The average molecular weight is 460 g/mol. The van der Waals surface area contributed by atoms with Gasteiger partial charge in [0.15, 0.2) is 0 Å². The van der Waals surface area contributed by atoms with Crippen molar-refractivity contribution >= 4 is 20.2 Å². The van der Waals surface area contributed by atoms with E-state index in [4.69, 9.17) is 24.1 Å². The molecule has 0 aliphatic carbocycles. The number of benzene rings is 2. The molecule has 9 heteroatoms. The van der Waals surface area contributed by atoms with Gasteiger partial charge in [0, 0.05) is 5.41 Å². The van der Waals surface area contributed by atoms with Crippen molar-refractivity contribution in [3.63, 3.8) is 0 Å². The molecule has 0 saturated carbocycles. The van der Waals surface area contributed by atoms with E-state index in [1.807, 2.05) is 34.6 Å². The predicted molar refractivity (Wildman–Crippen MR) is 127 cm³/mol. The van der Waals surface area contributed by atoms with Gasteiger partial charge in [-0.05, 0) is 62.4 Å². The summed E-state index contributed by atoms with van der Waals surface area (Å²) >= 11 is 0. The molecule has 8 nitrogen and oxygen atoms in total. The summed E-state index contributed by atoms with van der Waals surface area (Å²) in [5, 5.41) is 8.24. The summed E-state index contributed by atoms with van der Waals surface area (Å²) in [7, 11) is 7.61. The van der Waals surface area contributed by atoms with Crippen LogP contribution >= 0.6 is 0 Å². The van der Waals surface area contributed by atoms with Gasteiger partial charge in [-0.25, -0.2) is 9.59 Å². The molecule has 2 aromatic rings. The molecule has 0 fully saturated rings. The van der Waals surface area contributed by atoms with Crippen LogP contribution in [0.25, 0.3) is 0 Å². The van der Waals surface area contributed by atoms with E-state index in [1.54, 1.807) is 43.5 Å². The summed E-state index contributed by atoms with van der Waals surface area (Å²) in [5.74, 6) is 2.07. The smallest absolute Gasteiger partial charge is 0.497 e. The van der Waals surface area contributed by atoms with Crippen LogP contribution in [0, 0.1) is 5.41 Å². The van der Waals surface area contributed by atoms with Crippen molar-refractivity contribution in [3.05, 3.63) is 48.5 Å². The van der Waals surface area contributed by atoms with Gasteiger partial charge < -0.3 is 28.8 Å². The topological polar surface area (TPSA) is 101 Å². The molecule has 0 saturated heterocycles. The fraction of sp³-hybridized carbons (Fsp3) is 0.417. The zero-order chi connectivity index (χ0) is 25.7. The molecule has 2 radical (unpaired) electrons. The first-order valence-electron chi connectivity index (χ1n) is 10.1. The molecule has 0 heterocycles. The van der Waals surface area contributed by atoms with Gasteiger partial charge in [0.2, 0.25) is 0 Å². The molecule has 180 valence electrons. The first kappa shape index (κ1) is 29.6. The second kappa shape index (κ2) is 13.9. The van der Waals surface area contributed by atoms with Crippen molar-refractivity contribution in [2.45, 2.75) is 47.0 Å². The number of hydrogen-bond acceptors (Lipinski definition) is 7. The van der Waals surface area contributed by atoms with Gasteiger partial charge in [-0.15, -0.1) is 0 Å². The quantitative estimate of drug-likeness (QED) is 0.330. The lowest BCUT2D eigenvalue weighted by molar-refractivity contribution is -0.0572. The highest BCUT2D eigenvalue weighted by Gasteiger charge is 2.37. The largest absolute Gasteiger partial charge is 0.514 e. The van der Waals surface area contributed by atoms with Gasteiger partial charge in [0.1, 0.15) is 28.6 Å². The van der Waals surface area contributed by atoms with Crippen LogP contribution in [-0.4, -0.2) is 45.1 Å². The summed E-state index contributed by atoms with van der Waals surface area (Å²) in [6.07, 6.45) is -2.02. The van der Waals surface area contributed by atoms with E-state index in [9.17, 15) is 9.59 Å². The van der Waals surface area contributed by atoms with Crippen LogP contribution in [0.15, 0.2) is 48.5 Å². The Labute approximate surface area is 197 Å². The molecule has 0 amide bonds. The number of rotatable bonds is 5. The van der Waals surface area contributed by atoms with E-state index in [-0.39, 0.29) is 11.2 Å². The molecule has 33 heavy (non-hydrogen) atoms. The van der Waals surface area contributed by atoms with Gasteiger partial charge in [0.25, 0.3) is 0 Å². The summed E-state index contributed by atoms with van der Waals surface area (Å²) in [6.45, 7) is 11.2. The first-order valence-corrected chi connectivity index (χ1v) is 10.1. The molecular formula is C24H33BO8. The third kappa shape index (κ3) is 11.2. The van der Waals surface area contributed by atoms with Gasteiger partial charge in [0.05, 0.1) is 22.1 Å². The standard InChI is InChI=1S/C15H22O4.C8H8O4.CH3B/c1-14(2,3)15(4,5)19-13(16)18-12-9-7-11(17-6)8-10-12;1-11-6-2-4-7(5-3-6)12-8(9)10;1-2/h7-10H,1-6H3;2-5H,1H3,(H,9,10);1H3. The van der Waals surface area contributed by atoms with Crippen LogP contribution in [-0.2, 0) is 4.74 Å². The van der Waals surface area contributed by atoms with Gasteiger partial charge >= 0.3 is 12.3 Å². The normalized spacial score (nSPS) is 10.3. The summed E-state index contributed by atoms with van der Waals surface area (Å²) in [6, 6.07) is 13.0. The Hall–Kier alpha value is -3.36. The zero-order valence-corrected chi connectivity index (χ0v) is 20.5. The summed E-state index contributed by atoms with van der Waals surface area (Å²) in [4.78, 5) is 21.8. The fourth-order valence-electron chi connectivity index (χ4n) is 1.87. The molecular weight excluding hydrogens is 427 g/mol. The van der Waals surface area contributed by atoms with Gasteiger partial charge in [-0.1, -0.05) is 27.6 Å². The van der Waals surface area contributed by atoms with E-state index in [1.165, 1.54) is 26.1 Å². The zero-order valence-electron chi connectivity index (χ0n) is 20.5. The minimum atomic E-state index is -1.32. The van der Waals surface area contributed by atoms with Gasteiger partial charge in [-0.3, -0.25) is 0 Å². The van der Waals surface area contributed by atoms with E-state index >= 15 is 0 Å². The number of carboxylic acid groups (broad SMARTS) is 1. The maximum absolute atomic E-state index is 11.8. The van der Waals surface area contributed by atoms with Crippen molar-refractivity contribution in [1.82, 2.24) is 0 Å². The van der Waals surface area contributed by atoms with Crippen LogP contribution in [0.1, 0.15) is 34.6 Å². The number of hydrogen-bond donors (Lipinski definition) is 1. The maximum atomic E-state index is 11.8. The van der Waals surface area contributed by atoms with Crippen LogP contribution < -0.4 is 18.9 Å². The molecule has 1 N–H and O–H groups in total. The Morgan fingerprint density at radius 3 is 1.33 bits per heavy atom. The molecule has 0 atom stereocenters. The highest BCUT2D eigenvalue weighted by Crippen LogP contribution is 2.33. The minimum absolute atomic E-state index is 0.175. The SMILES string of the molecule is COc1ccc(OC(=O)O)cc1.COc1ccc(OC(=O)OC(C)(C)C(C)(C)C)cc1.[B]C. The fourth-order valence-corrected chi connectivity index (χ4v) is 1.87. The third-order valence-electron chi connectivity index (χ3n) is 4.67. The average Bonchev–Trinajstić information content (AvgIpc) is 2.75. The van der Waals surface area contributed by atoms with Crippen molar-refractivity contribution in [3.8, 4) is 23.0 Å². The number of carbonyl (C=O) groups excluding carboxylic acids is 1. The van der Waals surface area contributed by atoms with E-state index in [2.05, 4.69) is 12.6 Å². The Bertz CT molecular complexity index is 840. The Kier molecular flexibility index (Phi) is 12.5. The maximum Gasteiger partial charge on any atom is 0.514 e. The second-order valence-corrected chi connectivity index (χ2v) is 7.93. The van der Waals surface area contributed by atoms with E-state index < -0.39 is 17.9 Å². The van der Waals surface area contributed by atoms with Crippen LogP contribution in [0.5, 0.6) is 23.0 Å². The molecule has 2 rings (SSSR count). The lowest BCUT2D eigenvalue weighted by Gasteiger charge is -2.37. The van der Waals surface area contributed by atoms with Crippen LogP contribution in [0.3, 0.4) is 0 Å². The lowest BCUT2D eigenvalue weighted by atomic mass is 9.79. The number of carbonyl (C=O) groups is 2. The second-order valence-electron chi connectivity index (χ2n) is 7.93. The molecule has 0 spiro atoms. The summed E-state index contributed by atoms with van der Waals surface area (Å²) in [5.41, 5.74) is -0.789. The Morgan fingerprint density at radius 1 is 0.697 bits per heavy atom. The molecule has 0 aliphatic rings. The Morgan fingerprint density at radius 2 is 1.03 bits per heavy atom. The highest BCUT2D eigenvalue weighted by atomic mass is 16.7. The van der Waals surface area contributed by atoms with E-state index in [0.717, 1.165) is 0 Å². The van der Waals surface area contributed by atoms with E-state index in [0.29, 0.717) is 17.2 Å². The predicted octanol–water partition coefficient (Wildman–Crippen LogP) is 5.99. The molecule has 0 unspecified atom stereocenters. The van der Waals surface area contributed by atoms with Gasteiger partial charge in [-0.2, -0.15) is 0 Å². The van der Waals surface area contributed by atoms with Crippen molar-refractivity contribution < 1.29 is 38.4 Å². The third-order valence-corrected chi connectivity index (χ3v) is 4.67. The molecule has 0 aliphatic heterocycles. The highest BCUT2D eigenvalue weighted by molar-refractivity contribution is 6.05. The molecule has 0 bridgehead atoms. The van der Waals surface area contributed by atoms with Crippen LogP contribution in [0.4, 0.5) is 9.59 Å². The van der Waals surface area contributed by atoms with Crippen molar-refractivity contribution in [2.75, 3.05) is 14.2 Å². The van der Waals surface area contributed by atoms with Crippen molar-refractivity contribution in [2.24, 2.45) is 5.41 Å². The lowest BCUT2D eigenvalue weighted by Crippen LogP contribution is -2.41. The minimum Gasteiger partial charge on any atom is -0.497 e.